The van der Waals surface area contributed by atoms with Crippen molar-refractivity contribution in [3.05, 3.63) is 83.0 Å². The third-order valence-corrected chi connectivity index (χ3v) is 4.44. The molecule has 0 aliphatic rings. The summed E-state index contributed by atoms with van der Waals surface area (Å²) in [5.74, 6) is 0.516. The third kappa shape index (κ3) is 5.06. The maximum absolute atomic E-state index is 13.0. The van der Waals surface area contributed by atoms with Gasteiger partial charge in [-0.3, -0.25) is 0 Å². The molecule has 3 nitrogen and oxygen atoms in total. The molecule has 0 saturated carbocycles. The normalized spacial score (nSPS) is 11.2. The quantitative estimate of drug-likeness (QED) is 0.432. The summed E-state index contributed by atoms with van der Waals surface area (Å²) in [6, 6.07) is 10.7. The highest BCUT2D eigenvalue weighted by Crippen LogP contribution is 2.19. The Morgan fingerprint density at radius 1 is 1.33 bits per heavy atom. The van der Waals surface area contributed by atoms with Crippen LogP contribution in [0.3, 0.4) is 0 Å². The fourth-order valence-electron chi connectivity index (χ4n) is 2.32. The van der Waals surface area contributed by atoms with Crippen molar-refractivity contribution in [1.29, 1.82) is 0 Å². The molecule has 0 aliphatic carbocycles. The van der Waals surface area contributed by atoms with Crippen LogP contribution in [-0.2, 0) is 13.0 Å². The summed E-state index contributed by atoms with van der Waals surface area (Å²) in [6.45, 7) is 8.77. The van der Waals surface area contributed by atoms with Crippen molar-refractivity contribution in [2.75, 3.05) is 7.05 Å². The van der Waals surface area contributed by atoms with Gasteiger partial charge < -0.3 is 10.3 Å². The minimum atomic E-state index is -0.216. The third-order valence-electron chi connectivity index (χ3n) is 3.58. The standard InChI is InChI=1S/C19H22FN3S/c1-4-19(22-21-3)23(14-18-6-5-13-24-18)15(2)7-8-16-9-11-17(20)12-10-16/h4-6,9-13,21H,1-2,7-8,14H2,3H3/b22-19+. The van der Waals surface area contributed by atoms with Gasteiger partial charge in [0.15, 0.2) is 5.84 Å². The molecule has 0 radical (unpaired) electrons. The lowest BCUT2D eigenvalue weighted by atomic mass is 10.1. The number of allylic oxidation sites excluding steroid dienone is 1. The summed E-state index contributed by atoms with van der Waals surface area (Å²) in [4.78, 5) is 3.28. The Hall–Kier alpha value is -2.40. The van der Waals surface area contributed by atoms with Crippen LogP contribution >= 0.6 is 11.3 Å². The SMILES string of the molecule is C=C/C(=N\NC)N(Cc1cccs1)C(=C)CCc1ccc(F)cc1. The second-order valence-electron chi connectivity index (χ2n) is 5.26. The number of thiophene rings is 1. The fraction of sp³-hybridized carbons (Fsp3) is 0.211. The smallest absolute Gasteiger partial charge is 0.152 e. The summed E-state index contributed by atoms with van der Waals surface area (Å²) in [6.07, 6.45) is 3.27. The summed E-state index contributed by atoms with van der Waals surface area (Å²) < 4.78 is 13.0. The first-order valence-corrected chi connectivity index (χ1v) is 8.61. The Balaban J connectivity index is 2.09. The first-order valence-electron chi connectivity index (χ1n) is 7.73. The van der Waals surface area contributed by atoms with E-state index >= 15 is 0 Å². The Labute approximate surface area is 146 Å². The minimum absolute atomic E-state index is 0.216. The van der Waals surface area contributed by atoms with Gasteiger partial charge in [0.2, 0.25) is 0 Å². The highest BCUT2D eigenvalue weighted by Gasteiger charge is 2.14. The molecule has 0 unspecified atom stereocenters. The molecule has 0 amide bonds. The maximum atomic E-state index is 13.0. The van der Waals surface area contributed by atoms with Crippen LogP contribution in [0.1, 0.15) is 16.9 Å². The topological polar surface area (TPSA) is 27.6 Å². The van der Waals surface area contributed by atoms with Crippen LogP contribution in [0, 0.1) is 5.82 Å². The van der Waals surface area contributed by atoms with Crippen LogP contribution in [0.5, 0.6) is 0 Å². The number of hydrogen-bond donors (Lipinski definition) is 1. The minimum Gasteiger partial charge on any atom is -0.324 e. The Kier molecular flexibility index (Phi) is 6.75. The van der Waals surface area contributed by atoms with Gasteiger partial charge in [0.05, 0.1) is 6.54 Å². The predicted octanol–water partition coefficient (Wildman–Crippen LogP) is 4.55. The van der Waals surface area contributed by atoms with Crippen LogP contribution in [0.2, 0.25) is 0 Å². The van der Waals surface area contributed by atoms with Gasteiger partial charge in [0.25, 0.3) is 0 Å². The highest BCUT2D eigenvalue weighted by atomic mass is 32.1. The van der Waals surface area contributed by atoms with E-state index in [9.17, 15) is 4.39 Å². The van der Waals surface area contributed by atoms with Crippen molar-refractivity contribution in [2.45, 2.75) is 19.4 Å². The fourth-order valence-corrected chi connectivity index (χ4v) is 3.01. The molecule has 1 N–H and O–H groups in total. The number of aryl methyl sites for hydroxylation is 1. The van der Waals surface area contributed by atoms with Gasteiger partial charge in [-0.2, -0.15) is 5.10 Å². The molecular weight excluding hydrogens is 321 g/mol. The molecule has 0 bridgehead atoms. The molecule has 0 atom stereocenters. The number of halogens is 1. The molecule has 1 heterocycles. The lowest BCUT2D eigenvalue weighted by molar-refractivity contribution is 0.489. The molecule has 126 valence electrons. The zero-order chi connectivity index (χ0) is 17.4. The van der Waals surface area contributed by atoms with E-state index in [1.165, 1.54) is 17.0 Å². The second kappa shape index (κ2) is 9.03. The number of rotatable bonds is 8. The van der Waals surface area contributed by atoms with Crippen molar-refractivity contribution in [1.82, 2.24) is 10.3 Å². The van der Waals surface area contributed by atoms with Gasteiger partial charge in [-0.25, -0.2) is 4.39 Å². The van der Waals surface area contributed by atoms with Gasteiger partial charge in [-0.1, -0.05) is 31.4 Å². The summed E-state index contributed by atoms with van der Waals surface area (Å²) in [5.41, 5.74) is 4.84. The number of amidine groups is 1. The first-order chi connectivity index (χ1) is 11.6. The number of hydrazone groups is 1. The van der Waals surface area contributed by atoms with Crippen molar-refractivity contribution in [2.24, 2.45) is 5.10 Å². The van der Waals surface area contributed by atoms with E-state index in [0.717, 1.165) is 29.9 Å². The van der Waals surface area contributed by atoms with E-state index in [2.05, 4.69) is 40.0 Å². The van der Waals surface area contributed by atoms with E-state index in [0.29, 0.717) is 6.54 Å². The van der Waals surface area contributed by atoms with Crippen molar-refractivity contribution in [3.8, 4) is 0 Å². The van der Waals surface area contributed by atoms with Gasteiger partial charge in [0, 0.05) is 17.6 Å². The first kappa shape index (κ1) is 17.9. The molecule has 5 heteroatoms. The molecule has 2 rings (SSSR count). The Bertz CT molecular complexity index is 690. The maximum Gasteiger partial charge on any atom is 0.152 e. The van der Waals surface area contributed by atoms with Crippen LogP contribution < -0.4 is 5.43 Å². The van der Waals surface area contributed by atoms with E-state index in [1.54, 1.807) is 24.5 Å². The van der Waals surface area contributed by atoms with E-state index in [1.807, 2.05) is 18.2 Å². The molecule has 0 aliphatic heterocycles. The molecular formula is C19H22FN3S. The number of nitrogens with zero attached hydrogens (tertiary/aromatic N) is 2. The van der Waals surface area contributed by atoms with E-state index in [4.69, 9.17) is 0 Å². The Morgan fingerprint density at radius 2 is 2.08 bits per heavy atom. The lowest BCUT2D eigenvalue weighted by Gasteiger charge is -2.26. The monoisotopic (exact) mass is 343 g/mol. The molecule has 0 spiro atoms. The molecule has 1 aromatic heterocycles. The van der Waals surface area contributed by atoms with Crippen LogP contribution in [0.25, 0.3) is 0 Å². The highest BCUT2D eigenvalue weighted by molar-refractivity contribution is 7.09. The lowest BCUT2D eigenvalue weighted by Crippen LogP contribution is -2.29. The molecule has 24 heavy (non-hydrogen) atoms. The average Bonchev–Trinajstić information content (AvgIpc) is 3.10. The Morgan fingerprint density at radius 3 is 2.67 bits per heavy atom. The summed E-state index contributed by atoms with van der Waals surface area (Å²) >= 11 is 1.70. The largest absolute Gasteiger partial charge is 0.324 e. The van der Waals surface area contributed by atoms with Gasteiger partial charge in [0.1, 0.15) is 5.82 Å². The van der Waals surface area contributed by atoms with Gasteiger partial charge in [-0.15, -0.1) is 11.3 Å². The van der Waals surface area contributed by atoms with Crippen molar-refractivity contribution >= 4 is 17.2 Å². The van der Waals surface area contributed by atoms with E-state index < -0.39 is 0 Å². The molecule has 1 aromatic carbocycles. The van der Waals surface area contributed by atoms with Crippen LogP contribution in [-0.4, -0.2) is 17.8 Å². The predicted molar refractivity (Wildman–Crippen MR) is 100 cm³/mol. The molecule has 0 fully saturated rings. The van der Waals surface area contributed by atoms with Crippen LogP contribution in [0.15, 0.2) is 71.8 Å². The molecule has 0 saturated heterocycles. The van der Waals surface area contributed by atoms with Crippen LogP contribution in [0.4, 0.5) is 4.39 Å². The zero-order valence-corrected chi connectivity index (χ0v) is 14.7. The van der Waals surface area contributed by atoms with E-state index in [-0.39, 0.29) is 5.82 Å². The molecule has 2 aromatic rings. The van der Waals surface area contributed by atoms with Crippen molar-refractivity contribution in [3.63, 3.8) is 0 Å². The van der Waals surface area contributed by atoms with Gasteiger partial charge >= 0.3 is 0 Å². The van der Waals surface area contributed by atoms with Crippen molar-refractivity contribution < 1.29 is 4.39 Å². The number of benzene rings is 1. The number of hydrogen-bond acceptors (Lipinski definition) is 3. The van der Waals surface area contributed by atoms with Gasteiger partial charge in [-0.05, 0) is 48.1 Å². The number of nitrogens with one attached hydrogen (secondary N) is 1. The summed E-state index contributed by atoms with van der Waals surface area (Å²) in [5, 5.41) is 6.33. The average molecular weight is 343 g/mol. The zero-order valence-electron chi connectivity index (χ0n) is 13.8. The second-order valence-corrected chi connectivity index (χ2v) is 6.29. The summed E-state index contributed by atoms with van der Waals surface area (Å²) in [7, 11) is 1.76.